The van der Waals surface area contributed by atoms with Gasteiger partial charge in [-0.15, -0.1) is 0 Å². The van der Waals surface area contributed by atoms with E-state index in [1.165, 1.54) is 0 Å². The average molecular weight is 334 g/mol. The van der Waals surface area contributed by atoms with Crippen LogP contribution in [0.15, 0.2) is 22.7 Å². The van der Waals surface area contributed by atoms with E-state index in [9.17, 15) is 4.79 Å². The molecule has 5 heteroatoms. The Hall–Kier alpha value is -0.550. The maximum absolute atomic E-state index is 11.7. The lowest BCUT2D eigenvalue weighted by Crippen LogP contribution is -2.25. The molecule has 15 heavy (non-hydrogen) atoms. The molecule has 1 aliphatic heterocycles. The molecule has 1 aromatic carbocycles. The molecule has 0 saturated carbocycles. The number of carbonyl (C=O) groups is 1. The molecular formula is C10H10Br2N2O. The average Bonchev–Trinajstić information content (AvgIpc) is 2.50. The highest BCUT2D eigenvalue weighted by Crippen LogP contribution is 2.31. The normalized spacial score (nSPS) is 21.1. The van der Waals surface area contributed by atoms with Gasteiger partial charge in [-0.05, 0) is 18.2 Å². The third-order valence-corrected chi connectivity index (χ3v) is 3.47. The summed E-state index contributed by atoms with van der Waals surface area (Å²) in [4.78, 5) is 13.6. The molecule has 0 radical (unpaired) electrons. The van der Waals surface area contributed by atoms with Gasteiger partial charge < -0.3 is 10.6 Å². The maximum atomic E-state index is 11.7. The van der Waals surface area contributed by atoms with Crippen LogP contribution < -0.4 is 10.6 Å². The predicted octanol–water partition coefficient (Wildman–Crippen LogP) is 2.53. The van der Waals surface area contributed by atoms with Crippen molar-refractivity contribution in [2.24, 2.45) is 0 Å². The molecule has 1 amide bonds. The summed E-state index contributed by atoms with van der Waals surface area (Å²) in [6, 6.07) is 5.54. The SMILES string of the molecule is Nc1ccc(Br)cc1N1CC(Br)CC1=O. The molecule has 80 valence electrons. The molecule has 1 saturated heterocycles. The number of anilines is 2. The Morgan fingerprint density at radius 1 is 1.47 bits per heavy atom. The fourth-order valence-corrected chi connectivity index (χ4v) is 2.56. The highest BCUT2D eigenvalue weighted by atomic mass is 79.9. The van der Waals surface area contributed by atoms with Gasteiger partial charge in [0.2, 0.25) is 5.91 Å². The van der Waals surface area contributed by atoms with Gasteiger partial charge in [0, 0.05) is 22.3 Å². The van der Waals surface area contributed by atoms with E-state index in [1.807, 2.05) is 12.1 Å². The van der Waals surface area contributed by atoms with Crippen LogP contribution in [0.25, 0.3) is 0 Å². The Balaban J connectivity index is 2.37. The minimum Gasteiger partial charge on any atom is -0.397 e. The second-order valence-electron chi connectivity index (χ2n) is 3.51. The molecule has 1 atom stereocenters. The van der Waals surface area contributed by atoms with Crippen molar-refractivity contribution in [1.29, 1.82) is 0 Å². The molecule has 1 aromatic rings. The zero-order chi connectivity index (χ0) is 11.0. The van der Waals surface area contributed by atoms with E-state index in [1.54, 1.807) is 11.0 Å². The number of amides is 1. The molecule has 1 fully saturated rings. The fourth-order valence-electron chi connectivity index (χ4n) is 1.65. The van der Waals surface area contributed by atoms with E-state index >= 15 is 0 Å². The number of rotatable bonds is 1. The van der Waals surface area contributed by atoms with Crippen molar-refractivity contribution < 1.29 is 4.79 Å². The van der Waals surface area contributed by atoms with Crippen LogP contribution in [0.3, 0.4) is 0 Å². The molecule has 1 aliphatic rings. The summed E-state index contributed by atoms with van der Waals surface area (Å²) in [5, 5.41) is 0. The third-order valence-electron chi connectivity index (χ3n) is 2.36. The lowest BCUT2D eigenvalue weighted by atomic mass is 10.2. The van der Waals surface area contributed by atoms with Crippen molar-refractivity contribution in [3.8, 4) is 0 Å². The zero-order valence-electron chi connectivity index (χ0n) is 7.91. The largest absolute Gasteiger partial charge is 0.397 e. The molecule has 3 nitrogen and oxygen atoms in total. The monoisotopic (exact) mass is 332 g/mol. The van der Waals surface area contributed by atoms with Crippen LogP contribution in [0, 0.1) is 0 Å². The van der Waals surface area contributed by atoms with Gasteiger partial charge in [-0.25, -0.2) is 0 Å². The molecule has 2 N–H and O–H groups in total. The number of halogens is 2. The Kier molecular flexibility index (Phi) is 3.02. The number of hydrogen-bond acceptors (Lipinski definition) is 2. The third kappa shape index (κ3) is 2.18. The quantitative estimate of drug-likeness (QED) is 0.634. The summed E-state index contributed by atoms with van der Waals surface area (Å²) in [5.74, 6) is 0.113. The van der Waals surface area contributed by atoms with Crippen molar-refractivity contribution in [2.75, 3.05) is 17.2 Å². The van der Waals surface area contributed by atoms with Gasteiger partial charge in [-0.3, -0.25) is 4.79 Å². The van der Waals surface area contributed by atoms with E-state index in [0.29, 0.717) is 18.7 Å². The summed E-state index contributed by atoms with van der Waals surface area (Å²) in [6.45, 7) is 0.680. The van der Waals surface area contributed by atoms with Crippen molar-refractivity contribution in [1.82, 2.24) is 0 Å². The van der Waals surface area contributed by atoms with Gasteiger partial charge in [0.15, 0.2) is 0 Å². The lowest BCUT2D eigenvalue weighted by Gasteiger charge is -2.18. The molecule has 1 unspecified atom stereocenters. The minimum absolute atomic E-state index is 0.113. The van der Waals surface area contributed by atoms with Gasteiger partial charge in [0.1, 0.15) is 0 Å². The summed E-state index contributed by atoms with van der Waals surface area (Å²) in [6.07, 6.45) is 0.534. The molecule has 0 aliphatic carbocycles. The smallest absolute Gasteiger partial charge is 0.228 e. The Bertz CT molecular complexity index is 408. The molecule has 1 heterocycles. The number of nitrogens with zero attached hydrogens (tertiary/aromatic N) is 1. The van der Waals surface area contributed by atoms with Crippen LogP contribution in [-0.4, -0.2) is 17.3 Å². The van der Waals surface area contributed by atoms with Crippen LogP contribution >= 0.6 is 31.9 Å². The van der Waals surface area contributed by atoms with Crippen LogP contribution in [-0.2, 0) is 4.79 Å². The molecular weight excluding hydrogens is 324 g/mol. The van der Waals surface area contributed by atoms with E-state index < -0.39 is 0 Å². The molecule has 0 spiro atoms. The van der Waals surface area contributed by atoms with E-state index in [2.05, 4.69) is 31.9 Å². The van der Waals surface area contributed by atoms with Crippen molar-refractivity contribution in [3.05, 3.63) is 22.7 Å². The Morgan fingerprint density at radius 2 is 2.20 bits per heavy atom. The number of carbonyl (C=O) groups excluding carboxylic acids is 1. The highest BCUT2D eigenvalue weighted by molar-refractivity contribution is 9.10. The molecule has 0 bridgehead atoms. The van der Waals surface area contributed by atoms with Crippen molar-refractivity contribution >= 4 is 49.1 Å². The molecule has 0 aromatic heterocycles. The molecule has 2 rings (SSSR count). The summed E-state index contributed by atoms with van der Waals surface area (Å²) in [5.41, 5.74) is 7.27. The van der Waals surface area contributed by atoms with E-state index in [-0.39, 0.29) is 10.7 Å². The lowest BCUT2D eigenvalue weighted by molar-refractivity contribution is -0.117. The number of nitrogens with two attached hydrogens (primary N) is 1. The number of hydrogen-bond donors (Lipinski definition) is 1. The van der Waals surface area contributed by atoms with Gasteiger partial charge in [0.05, 0.1) is 11.4 Å². The predicted molar refractivity (Wildman–Crippen MR) is 68.2 cm³/mol. The van der Waals surface area contributed by atoms with E-state index in [0.717, 1.165) is 10.2 Å². The first-order chi connectivity index (χ1) is 7.08. The number of alkyl halides is 1. The first kappa shape index (κ1) is 11.0. The van der Waals surface area contributed by atoms with Crippen LogP contribution in [0.1, 0.15) is 6.42 Å². The highest BCUT2D eigenvalue weighted by Gasteiger charge is 2.29. The second-order valence-corrected chi connectivity index (χ2v) is 5.72. The summed E-state index contributed by atoms with van der Waals surface area (Å²) >= 11 is 6.82. The maximum Gasteiger partial charge on any atom is 0.228 e. The topological polar surface area (TPSA) is 46.3 Å². The van der Waals surface area contributed by atoms with Gasteiger partial charge in [-0.1, -0.05) is 31.9 Å². The standard InChI is InChI=1S/C10H10Br2N2O/c11-6-1-2-8(13)9(3-6)14-5-7(12)4-10(14)15/h1-3,7H,4-5,13H2. The Morgan fingerprint density at radius 3 is 2.80 bits per heavy atom. The van der Waals surface area contributed by atoms with Crippen LogP contribution in [0.5, 0.6) is 0 Å². The number of benzene rings is 1. The second kappa shape index (κ2) is 4.14. The fraction of sp³-hybridized carbons (Fsp3) is 0.300. The van der Waals surface area contributed by atoms with Gasteiger partial charge in [-0.2, -0.15) is 0 Å². The van der Waals surface area contributed by atoms with Crippen molar-refractivity contribution in [3.63, 3.8) is 0 Å². The summed E-state index contributed by atoms with van der Waals surface area (Å²) in [7, 11) is 0. The summed E-state index contributed by atoms with van der Waals surface area (Å²) < 4.78 is 0.928. The van der Waals surface area contributed by atoms with Crippen LogP contribution in [0.2, 0.25) is 0 Å². The van der Waals surface area contributed by atoms with Crippen molar-refractivity contribution in [2.45, 2.75) is 11.2 Å². The van der Waals surface area contributed by atoms with Gasteiger partial charge >= 0.3 is 0 Å². The van der Waals surface area contributed by atoms with Crippen LogP contribution in [0.4, 0.5) is 11.4 Å². The zero-order valence-corrected chi connectivity index (χ0v) is 11.1. The van der Waals surface area contributed by atoms with E-state index in [4.69, 9.17) is 5.73 Å². The number of nitrogen functional groups attached to an aromatic ring is 1. The first-order valence-electron chi connectivity index (χ1n) is 4.57. The minimum atomic E-state index is 0.113. The van der Waals surface area contributed by atoms with Gasteiger partial charge in [0.25, 0.3) is 0 Å². The Labute approximate surface area is 105 Å². The first-order valence-corrected chi connectivity index (χ1v) is 6.28.